The smallest absolute Gasteiger partial charge is 0.360 e. The molecular formula is C8H12N2O3. The van der Waals surface area contributed by atoms with Crippen molar-refractivity contribution in [1.82, 2.24) is 4.98 Å². The van der Waals surface area contributed by atoms with Gasteiger partial charge in [-0.3, -0.25) is 0 Å². The van der Waals surface area contributed by atoms with Crippen LogP contribution in [0.1, 0.15) is 35.1 Å². The quantitative estimate of drug-likeness (QED) is 0.687. The maximum absolute atomic E-state index is 11.1. The van der Waals surface area contributed by atoms with Crippen molar-refractivity contribution in [3.05, 3.63) is 17.3 Å². The van der Waals surface area contributed by atoms with Gasteiger partial charge in [0, 0.05) is 0 Å². The zero-order chi connectivity index (χ0) is 10.0. The Labute approximate surface area is 75.9 Å². The molecule has 0 aliphatic carbocycles. The molecule has 0 amide bonds. The van der Waals surface area contributed by atoms with Crippen molar-refractivity contribution >= 4 is 5.97 Å². The summed E-state index contributed by atoms with van der Waals surface area (Å²) in [5, 5.41) is 0. The van der Waals surface area contributed by atoms with Crippen molar-refractivity contribution in [2.75, 3.05) is 7.11 Å². The van der Waals surface area contributed by atoms with Gasteiger partial charge in [-0.05, 0) is 13.8 Å². The first-order valence-electron chi connectivity index (χ1n) is 3.87. The van der Waals surface area contributed by atoms with E-state index in [2.05, 4.69) is 9.72 Å². The number of hydrogen-bond donors (Lipinski definition) is 1. The fourth-order valence-corrected chi connectivity index (χ4v) is 0.898. The van der Waals surface area contributed by atoms with Crippen LogP contribution in [0.3, 0.4) is 0 Å². The van der Waals surface area contributed by atoms with Crippen LogP contribution in [0.4, 0.5) is 0 Å². The summed E-state index contributed by atoms with van der Waals surface area (Å²) in [7, 11) is 1.29. The highest BCUT2D eigenvalue weighted by Crippen LogP contribution is 2.15. The molecule has 5 nitrogen and oxygen atoms in total. The van der Waals surface area contributed by atoms with E-state index in [-0.39, 0.29) is 11.7 Å². The lowest BCUT2D eigenvalue weighted by Crippen LogP contribution is -2.07. The molecule has 0 fully saturated rings. The Morgan fingerprint density at radius 3 is 2.69 bits per heavy atom. The maximum Gasteiger partial charge on any atom is 0.360 e. The van der Waals surface area contributed by atoms with Crippen molar-refractivity contribution in [3.63, 3.8) is 0 Å². The van der Waals surface area contributed by atoms with Crippen molar-refractivity contribution < 1.29 is 13.9 Å². The summed E-state index contributed by atoms with van der Waals surface area (Å²) in [6.45, 7) is 3.37. The van der Waals surface area contributed by atoms with E-state index >= 15 is 0 Å². The molecule has 0 saturated heterocycles. The van der Waals surface area contributed by atoms with E-state index in [9.17, 15) is 4.79 Å². The number of nitrogens with zero attached hydrogens (tertiary/aromatic N) is 1. The fourth-order valence-electron chi connectivity index (χ4n) is 0.898. The standard InChI is InChI=1S/C8H12N2O3/c1-4(9)7-10-6(5(2)13-7)8(11)12-3/h4H,9H2,1-3H3/t4-/m0/s1. The SMILES string of the molecule is COC(=O)c1nc([C@H](C)N)oc1C. The molecule has 0 aromatic carbocycles. The molecule has 0 saturated carbocycles. The molecule has 0 aliphatic heterocycles. The van der Waals surface area contributed by atoms with E-state index in [0.29, 0.717) is 11.7 Å². The monoisotopic (exact) mass is 184 g/mol. The van der Waals surface area contributed by atoms with Crippen LogP contribution in [0.5, 0.6) is 0 Å². The molecule has 72 valence electrons. The summed E-state index contributed by atoms with van der Waals surface area (Å²) in [5.74, 6) is 0.269. The van der Waals surface area contributed by atoms with Crippen LogP contribution in [0.25, 0.3) is 0 Å². The normalized spacial score (nSPS) is 12.6. The minimum Gasteiger partial charge on any atom is -0.464 e. The third-order valence-corrected chi connectivity index (χ3v) is 1.58. The summed E-state index contributed by atoms with van der Waals surface area (Å²) in [5.41, 5.74) is 5.72. The zero-order valence-corrected chi connectivity index (χ0v) is 7.83. The average molecular weight is 184 g/mol. The van der Waals surface area contributed by atoms with Gasteiger partial charge in [0.1, 0.15) is 5.76 Å². The molecule has 0 aliphatic rings. The number of esters is 1. The lowest BCUT2D eigenvalue weighted by atomic mass is 10.3. The second-order valence-electron chi connectivity index (χ2n) is 2.74. The predicted octanol–water partition coefficient (Wildman–Crippen LogP) is 0.789. The number of carbonyl (C=O) groups is 1. The Bertz CT molecular complexity index is 317. The summed E-state index contributed by atoms with van der Waals surface area (Å²) in [6, 6.07) is -0.322. The number of hydrogen-bond acceptors (Lipinski definition) is 5. The van der Waals surface area contributed by atoms with Gasteiger partial charge in [-0.1, -0.05) is 0 Å². The number of carbonyl (C=O) groups excluding carboxylic acids is 1. The van der Waals surface area contributed by atoms with E-state index < -0.39 is 5.97 Å². The van der Waals surface area contributed by atoms with Crippen LogP contribution < -0.4 is 5.73 Å². The van der Waals surface area contributed by atoms with Crippen molar-refractivity contribution in [3.8, 4) is 0 Å². The van der Waals surface area contributed by atoms with Crippen LogP contribution in [0.15, 0.2) is 4.42 Å². The van der Waals surface area contributed by atoms with Crippen LogP contribution in [-0.4, -0.2) is 18.1 Å². The van der Waals surface area contributed by atoms with Gasteiger partial charge in [0.2, 0.25) is 5.89 Å². The van der Waals surface area contributed by atoms with Crippen molar-refractivity contribution in [2.45, 2.75) is 19.9 Å². The summed E-state index contributed by atoms with van der Waals surface area (Å²) < 4.78 is 9.67. The lowest BCUT2D eigenvalue weighted by molar-refractivity contribution is 0.0593. The number of rotatable bonds is 2. The molecule has 13 heavy (non-hydrogen) atoms. The van der Waals surface area contributed by atoms with Gasteiger partial charge in [-0.25, -0.2) is 9.78 Å². The summed E-state index contributed by atoms with van der Waals surface area (Å²) >= 11 is 0. The van der Waals surface area contributed by atoms with Gasteiger partial charge in [0.15, 0.2) is 5.69 Å². The van der Waals surface area contributed by atoms with Gasteiger partial charge < -0.3 is 14.9 Å². The van der Waals surface area contributed by atoms with Gasteiger partial charge in [-0.2, -0.15) is 0 Å². The van der Waals surface area contributed by atoms with Crippen LogP contribution >= 0.6 is 0 Å². The van der Waals surface area contributed by atoms with Crippen molar-refractivity contribution in [2.24, 2.45) is 5.73 Å². The Morgan fingerprint density at radius 2 is 2.31 bits per heavy atom. The first-order valence-corrected chi connectivity index (χ1v) is 3.87. The third-order valence-electron chi connectivity index (χ3n) is 1.58. The number of oxazole rings is 1. The zero-order valence-electron chi connectivity index (χ0n) is 7.83. The minimum absolute atomic E-state index is 0.190. The molecule has 1 atom stereocenters. The first kappa shape index (κ1) is 9.73. The molecule has 1 heterocycles. The first-order chi connectivity index (χ1) is 6.06. The molecule has 0 radical (unpaired) electrons. The number of nitrogens with two attached hydrogens (primary N) is 1. The molecule has 5 heteroatoms. The summed E-state index contributed by atoms with van der Waals surface area (Å²) in [4.78, 5) is 15.0. The van der Waals surface area contributed by atoms with Crippen LogP contribution in [0, 0.1) is 6.92 Å². The van der Waals surface area contributed by atoms with E-state index in [1.165, 1.54) is 7.11 Å². The largest absolute Gasteiger partial charge is 0.464 e. The van der Waals surface area contributed by atoms with Gasteiger partial charge in [-0.15, -0.1) is 0 Å². The highest BCUT2D eigenvalue weighted by atomic mass is 16.5. The summed E-state index contributed by atoms with van der Waals surface area (Å²) in [6.07, 6.45) is 0. The highest BCUT2D eigenvalue weighted by Gasteiger charge is 2.18. The second-order valence-corrected chi connectivity index (χ2v) is 2.74. The number of aromatic nitrogens is 1. The Kier molecular flexibility index (Phi) is 2.67. The second kappa shape index (κ2) is 3.57. The topological polar surface area (TPSA) is 78.3 Å². The van der Waals surface area contributed by atoms with E-state index in [0.717, 1.165) is 0 Å². The molecular weight excluding hydrogens is 172 g/mol. The van der Waals surface area contributed by atoms with E-state index in [4.69, 9.17) is 10.2 Å². The molecule has 1 aromatic heterocycles. The predicted molar refractivity (Wildman–Crippen MR) is 45.2 cm³/mol. The Balaban J connectivity index is 3.03. The molecule has 1 rings (SSSR count). The molecule has 0 spiro atoms. The average Bonchev–Trinajstić information content (AvgIpc) is 2.46. The Hall–Kier alpha value is -1.36. The Morgan fingerprint density at radius 1 is 1.69 bits per heavy atom. The van der Waals surface area contributed by atoms with Gasteiger partial charge in [0.05, 0.1) is 13.2 Å². The van der Waals surface area contributed by atoms with Crippen LogP contribution in [0.2, 0.25) is 0 Å². The van der Waals surface area contributed by atoms with Gasteiger partial charge >= 0.3 is 5.97 Å². The third kappa shape index (κ3) is 1.86. The number of aryl methyl sites for hydroxylation is 1. The minimum atomic E-state index is -0.506. The highest BCUT2D eigenvalue weighted by molar-refractivity contribution is 5.88. The maximum atomic E-state index is 11.1. The molecule has 0 unspecified atom stereocenters. The van der Waals surface area contributed by atoms with E-state index in [1.807, 2.05) is 0 Å². The fraction of sp³-hybridized carbons (Fsp3) is 0.500. The number of methoxy groups -OCH3 is 1. The molecule has 1 aromatic rings. The van der Waals surface area contributed by atoms with Crippen LogP contribution in [-0.2, 0) is 4.74 Å². The van der Waals surface area contributed by atoms with E-state index in [1.54, 1.807) is 13.8 Å². The number of ether oxygens (including phenoxy) is 1. The van der Waals surface area contributed by atoms with Crippen molar-refractivity contribution in [1.29, 1.82) is 0 Å². The lowest BCUT2D eigenvalue weighted by Gasteiger charge is -1.94. The molecule has 0 bridgehead atoms. The van der Waals surface area contributed by atoms with Gasteiger partial charge in [0.25, 0.3) is 0 Å². The molecule has 2 N–H and O–H groups in total.